The average molecular weight is 463 g/mol. The van der Waals surface area contributed by atoms with Crippen LogP contribution >= 0.6 is 0 Å². The van der Waals surface area contributed by atoms with E-state index in [-0.39, 0.29) is 5.91 Å². The van der Waals surface area contributed by atoms with Crippen molar-refractivity contribution in [3.8, 4) is 17.0 Å². The number of carbonyl (C=O) groups is 1. The SMILES string of the molecule is Cc1c(-c2ccnc(Nc3ccc(OCCN4CCOCC4)cc3)n2)c(C)n2c1C(=O)NCC2. The van der Waals surface area contributed by atoms with E-state index in [9.17, 15) is 4.79 Å². The van der Waals surface area contributed by atoms with Crippen molar-refractivity contribution in [3.05, 3.63) is 53.5 Å². The highest BCUT2D eigenvalue weighted by atomic mass is 16.5. The molecule has 2 aliphatic rings. The molecule has 3 aromatic rings. The van der Waals surface area contributed by atoms with Gasteiger partial charge < -0.3 is 24.7 Å². The van der Waals surface area contributed by atoms with Crippen LogP contribution in [0.5, 0.6) is 5.75 Å². The van der Waals surface area contributed by atoms with E-state index in [4.69, 9.17) is 14.5 Å². The Kier molecular flexibility index (Phi) is 6.46. The van der Waals surface area contributed by atoms with Crippen LogP contribution in [-0.2, 0) is 11.3 Å². The molecule has 1 fully saturated rings. The fourth-order valence-electron chi connectivity index (χ4n) is 4.65. The standard InChI is InChI=1S/C25H30N6O3/c1-17-22(18(2)31-10-9-26-24(32)23(17)31)21-7-8-27-25(29-21)28-19-3-5-20(6-4-19)34-16-13-30-11-14-33-15-12-30/h3-8H,9-16H2,1-2H3,(H,26,32)(H,27,28,29). The van der Waals surface area contributed by atoms with Gasteiger partial charge in [0.15, 0.2) is 0 Å². The Balaban J connectivity index is 1.25. The van der Waals surface area contributed by atoms with Crippen LogP contribution in [0.25, 0.3) is 11.3 Å². The molecule has 5 rings (SSSR count). The predicted molar refractivity (Wildman–Crippen MR) is 130 cm³/mol. The van der Waals surface area contributed by atoms with Gasteiger partial charge >= 0.3 is 0 Å². The van der Waals surface area contributed by atoms with E-state index in [1.165, 1.54) is 0 Å². The minimum Gasteiger partial charge on any atom is -0.492 e. The maximum absolute atomic E-state index is 12.4. The molecule has 1 aromatic carbocycles. The van der Waals surface area contributed by atoms with E-state index < -0.39 is 0 Å². The van der Waals surface area contributed by atoms with Gasteiger partial charge in [-0.1, -0.05) is 0 Å². The molecular formula is C25H30N6O3. The number of amides is 1. The highest BCUT2D eigenvalue weighted by Crippen LogP contribution is 2.32. The van der Waals surface area contributed by atoms with Crippen molar-refractivity contribution in [1.82, 2.24) is 24.8 Å². The summed E-state index contributed by atoms with van der Waals surface area (Å²) in [6.07, 6.45) is 1.74. The summed E-state index contributed by atoms with van der Waals surface area (Å²) in [7, 11) is 0. The maximum Gasteiger partial charge on any atom is 0.268 e. The number of nitrogens with zero attached hydrogens (tertiary/aromatic N) is 4. The number of nitrogens with one attached hydrogen (secondary N) is 2. The van der Waals surface area contributed by atoms with Crippen LogP contribution in [0.3, 0.4) is 0 Å². The van der Waals surface area contributed by atoms with Crippen molar-refractivity contribution in [2.24, 2.45) is 0 Å². The molecule has 4 heterocycles. The number of carbonyl (C=O) groups excluding carboxylic acids is 1. The summed E-state index contributed by atoms with van der Waals surface area (Å²) in [5, 5.41) is 6.20. The smallest absolute Gasteiger partial charge is 0.268 e. The molecular weight excluding hydrogens is 432 g/mol. The number of hydrogen-bond acceptors (Lipinski definition) is 7. The number of hydrogen-bond donors (Lipinski definition) is 2. The summed E-state index contributed by atoms with van der Waals surface area (Å²) in [6, 6.07) is 9.69. The Morgan fingerprint density at radius 2 is 1.91 bits per heavy atom. The third kappa shape index (κ3) is 4.62. The lowest BCUT2D eigenvalue weighted by Crippen LogP contribution is -2.38. The summed E-state index contributed by atoms with van der Waals surface area (Å²) in [5.74, 6) is 1.31. The third-order valence-corrected chi connectivity index (χ3v) is 6.40. The topological polar surface area (TPSA) is 93.5 Å². The lowest BCUT2D eigenvalue weighted by atomic mass is 10.1. The zero-order valence-electron chi connectivity index (χ0n) is 19.6. The first-order valence-corrected chi connectivity index (χ1v) is 11.7. The molecule has 1 amide bonds. The summed E-state index contributed by atoms with van der Waals surface area (Å²) < 4.78 is 13.3. The molecule has 178 valence electrons. The summed E-state index contributed by atoms with van der Waals surface area (Å²) >= 11 is 0. The number of anilines is 2. The number of aromatic nitrogens is 3. The zero-order valence-corrected chi connectivity index (χ0v) is 19.6. The van der Waals surface area contributed by atoms with E-state index in [0.29, 0.717) is 19.1 Å². The molecule has 9 nitrogen and oxygen atoms in total. The minimum absolute atomic E-state index is 0.0299. The van der Waals surface area contributed by atoms with E-state index in [1.807, 2.05) is 44.2 Å². The maximum atomic E-state index is 12.4. The molecule has 34 heavy (non-hydrogen) atoms. The summed E-state index contributed by atoms with van der Waals surface area (Å²) in [5.41, 5.74) is 5.37. The van der Waals surface area contributed by atoms with Crippen molar-refractivity contribution >= 4 is 17.5 Å². The second kappa shape index (κ2) is 9.82. The Hall–Kier alpha value is -3.43. The highest BCUT2D eigenvalue weighted by Gasteiger charge is 2.26. The van der Waals surface area contributed by atoms with E-state index >= 15 is 0 Å². The van der Waals surface area contributed by atoms with E-state index in [1.54, 1.807) is 6.20 Å². The first-order valence-electron chi connectivity index (χ1n) is 11.7. The van der Waals surface area contributed by atoms with Crippen LogP contribution in [0.4, 0.5) is 11.6 Å². The lowest BCUT2D eigenvalue weighted by molar-refractivity contribution is 0.0322. The van der Waals surface area contributed by atoms with Gasteiger partial charge in [0.1, 0.15) is 18.1 Å². The second-order valence-corrected chi connectivity index (χ2v) is 8.56. The Bertz CT molecular complexity index is 1170. The first kappa shape index (κ1) is 22.4. The van der Waals surface area contributed by atoms with Crippen LogP contribution in [0.2, 0.25) is 0 Å². The number of fused-ring (bicyclic) bond motifs is 1. The Labute approximate surface area is 199 Å². The van der Waals surface area contributed by atoms with Gasteiger partial charge in [0.25, 0.3) is 5.91 Å². The molecule has 9 heteroatoms. The number of rotatable bonds is 7. The first-order chi connectivity index (χ1) is 16.6. The molecule has 0 unspecified atom stereocenters. The predicted octanol–water partition coefficient (Wildman–Crippen LogP) is 2.76. The van der Waals surface area contributed by atoms with Gasteiger partial charge in [-0.2, -0.15) is 0 Å². The second-order valence-electron chi connectivity index (χ2n) is 8.56. The van der Waals surface area contributed by atoms with Crippen LogP contribution in [0.1, 0.15) is 21.7 Å². The van der Waals surface area contributed by atoms with Crippen LogP contribution in [-0.4, -0.2) is 71.3 Å². The minimum atomic E-state index is -0.0299. The molecule has 1 saturated heterocycles. The highest BCUT2D eigenvalue weighted by molar-refractivity contribution is 5.97. The summed E-state index contributed by atoms with van der Waals surface area (Å²) in [4.78, 5) is 23.9. The average Bonchev–Trinajstić information content (AvgIpc) is 3.12. The van der Waals surface area contributed by atoms with E-state index in [2.05, 4.69) is 25.1 Å². The van der Waals surface area contributed by atoms with Crippen molar-refractivity contribution < 1.29 is 14.3 Å². The van der Waals surface area contributed by atoms with Crippen LogP contribution in [0, 0.1) is 13.8 Å². The van der Waals surface area contributed by atoms with E-state index in [0.717, 1.165) is 79.0 Å². The molecule has 0 radical (unpaired) electrons. The van der Waals surface area contributed by atoms with Gasteiger partial charge in [-0.3, -0.25) is 9.69 Å². The fraction of sp³-hybridized carbons (Fsp3) is 0.400. The third-order valence-electron chi connectivity index (χ3n) is 6.40. The molecule has 0 aliphatic carbocycles. The van der Waals surface area contributed by atoms with Gasteiger partial charge in [-0.15, -0.1) is 0 Å². The van der Waals surface area contributed by atoms with Crippen molar-refractivity contribution in [2.75, 3.05) is 51.3 Å². The number of morpholine rings is 1. The molecule has 0 bridgehead atoms. The molecule has 2 N–H and O–H groups in total. The summed E-state index contributed by atoms with van der Waals surface area (Å²) in [6.45, 7) is 10.5. The van der Waals surface area contributed by atoms with Crippen molar-refractivity contribution in [1.29, 1.82) is 0 Å². The molecule has 2 aromatic heterocycles. The number of ether oxygens (including phenoxy) is 2. The normalized spacial score (nSPS) is 16.1. The fourth-order valence-corrected chi connectivity index (χ4v) is 4.65. The van der Waals surface area contributed by atoms with Crippen molar-refractivity contribution in [2.45, 2.75) is 20.4 Å². The largest absolute Gasteiger partial charge is 0.492 e. The Morgan fingerprint density at radius 1 is 1.12 bits per heavy atom. The van der Waals surface area contributed by atoms with Crippen molar-refractivity contribution in [3.63, 3.8) is 0 Å². The molecule has 0 atom stereocenters. The van der Waals surface area contributed by atoms with Gasteiger partial charge in [0.2, 0.25) is 5.95 Å². The molecule has 0 spiro atoms. The monoisotopic (exact) mass is 462 g/mol. The van der Waals surface area contributed by atoms with Crippen LogP contribution < -0.4 is 15.4 Å². The molecule has 0 saturated carbocycles. The zero-order chi connectivity index (χ0) is 23.5. The van der Waals surface area contributed by atoms with Crippen LogP contribution in [0.15, 0.2) is 36.5 Å². The lowest BCUT2D eigenvalue weighted by Gasteiger charge is -2.26. The van der Waals surface area contributed by atoms with Gasteiger partial charge in [-0.25, -0.2) is 9.97 Å². The van der Waals surface area contributed by atoms with Gasteiger partial charge in [0, 0.05) is 55.9 Å². The quantitative estimate of drug-likeness (QED) is 0.558. The molecule has 2 aliphatic heterocycles. The number of benzene rings is 1. The van der Waals surface area contributed by atoms with Gasteiger partial charge in [-0.05, 0) is 49.7 Å². The van der Waals surface area contributed by atoms with Gasteiger partial charge in [0.05, 0.1) is 18.9 Å². The Morgan fingerprint density at radius 3 is 2.68 bits per heavy atom.